The van der Waals surface area contributed by atoms with E-state index in [0.29, 0.717) is 13.3 Å². The van der Waals surface area contributed by atoms with Crippen molar-refractivity contribution in [1.29, 1.82) is 0 Å². The van der Waals surface area contributed by atoms with E-state index in [2.05, 4.69) is 0 Å². The molecule has 0 amide bonds. The molecule has 13 heavy (non-hydrogen) atoms. The lowest BCUT2D eigenvalue weighted by Crippen LogP contribution is -2.29. The summed E-state index contributed by atoms with van der Waals surface area (Å²) in [6.45, 7) is 0.518. The zero-order chi connectivity index (χ0) is 10.8. The van der Waals surface area contributed by atoms with Crippen LogP contribution in [0.2, 0.25) is 0 Å². The number of aliphatic carboxylic acids is 1. The molecule has 0 aliphatic carbocycles. The van der Waals surface area contributed by atoms with E-state index in [9.17, 15) is 4.79 Å². The van der Waals surface area contributed by atoms with E-state index in [0.717, 1.165) is 38.5 Å². The molecule has 0 saturated carbocycles. The van der Waals surface area contributed by atoms with Crippen molar-refractivity contribution in [2.24, 2.45) is 5.73 Å². The maximum absolute atomic E-state index is 10.4. The average molecular weight is 188 g/mol. The Morgan fingerprint density at radius 3 is 2.62 bits per heavy atom. The van der Waals surface area contributed by atoms with Gasteiger partial charge in [0.1, 0.15) is 6.04 Å². The minimum Gasteiger partial charge on any atom is -0.480 e. The van der Waals surface area contributed by atoms with Gasteiger partial charge in [0.25, 0.3) is 0 Å². The molecule has 1 atom stereocenters. The first-order valence-electron chi connectivity index (χ1n) is 5.67. The van der Waals surface area contributed by atoms with Crippen molar-refractivity contribution < 1.29 is 11.3 Å². The summed E-state index contributed by atoms with van der Waals surface area (Å²) < 4.78 is 6.94. The third-order valence-corrected chi connectivity index (χ3v) is 2.08. The molecule has 0 aromatic heterocycles. The van der Waals surface area contributed by atoms with E-state index >= 15 is 0 Å². The van der Waals surface area contributed by atoms with Crippen LogP contribution in [0.4, 0.5) is 0 Å². The van der Waals surface area contributed by atoms with Gasteiger partial charge in [0.15, 0.2) is 0 Å². The summed E-state index contributed by atoms with van der Waals surface area (Å²) in [6.07, 6.45) is 6.91. The maximum Gasteiger partial charge on any atom is 0.320 e. The minimum atomic E-state index is -0.904. The summed E-state index contributed by atoms with van der Waals surface area (Å²) in [5, 5.41) is 8.51. The molecule has 0 saturated heterocycles. The van der Waals surface area contributed by atoms with Gasteiger partial charge in [-0.2, -0.15) is 0 Å². The molecular weight excluding hydrogens is 166 g/mol. The molecule has 3 N–H and O–H groups in total. The standard InChI is InChI=1S/C10H21NO2/c1-2-3-4-5-6-7-8-9(11)10(12)13/h9H,2-8,11H2,1H3,(H,12,13)/i1D. The van der Waals surface area contributed by atoms with Crippen LogP contribution in [0, 0.1) is 0 Å². The van der Waals surface area contributed by atoms with E-state index in [1.165, 1.54) is 0 Å². The van der Waals surface area contributed by atoms with Crippen molar-refractivity contribution in [2.45, 2.75) is 57.9 Å². The molecule has 78 valence electrons. The van der Waals surface area contributed by atoms with Gasteiger partial charge in [0, 0.05) is 1.37 Å². The van der Waals surface area contributed by atoms with Crippen LogP contribution >= 0.6 is 0 Å². The summed E-state index contributed by atoms with van der Waals surface area (Å²) in [4.78, 5) is 10.4. The summed E-state index contributed by atoms with van der Waals surface area (Å²) in [5.74, 6) is -0.904. The van der Waals surface area contributed by atoms with Gasteiger partial charge in [0.2, 0.25) is 0 Å². The Morgan fingerprint density at radius 2 is 2.00 bits per heavy atom. The monoisotopic (exact) mass is 188 g/mol. The summed E-state index contributed by atoms with van der Waals surface area (Å²) >= 11 is 0. The minimum absolute atomic E-state index is 0.518. The summed E-state index contributed by atoms with van der Waals surface area (Å²) in [6, 6.07) is -0.691. The molecule has 1 unspecified atom stereocenters. The van der Waals surface area contributed by atoms with E-state index in [4.69, 9.17) is 12.2 Å². The molecular formula is C10H21NO2. The van der Waals surface area contributed by atoms with Crippen LogP contribution in [0.1, 0.15) is 53.2 Å². The summed E-state index contributed by atoms with van der Waals surface area (Å²) in [5.41, 5.74) is 5.35. The quantitative estimate of drug-likeness (QED) is 0.574. The van der Waals surface area contributed by atoms with Gasteiger partial charge in [-0.05, 0) is 6.42 Å². The third kappa shape index (κ3) is 7.78. The topological polar surface area (TPSA) is 63.3 Å². The van der Waals surface area contributed by atoms with Crippen molar-refractivity contribution in [2.75, 3.05) is 0 Å². The summed E-state index contributed by atoms with van der Waals surface area (Å²) in [7, 11) is 0. The highest BCUT2D eigenvalue weighted by Crippen LogP contribution is 2.07. The lowest BCUT2D eigenvalue weighted by Gasteiger charge is -2.05. The molecule has 0 heterocycles. The van der Waals surface area contributed by atoms with Gasteiger partial charge >= 0.3 is 5.97 Å². The first-order chi connectivity index (χ1) is 6.68. The largest absolute Gasteiger partial charge is 0.480 e. The number of hydrogen-bond donors (Lipinski definition) is 2. The number of nitrogens with two attached hydrogens (primary N) is 1. The second-order valence-corrected chi connectivity index (χ2v) is 3.35. The Labute approximate surface area is 81.7 Å². The first kappa shape index (κ1) is 10.5. The van der Waals surface area contributed by atoms with Crippen LogP contribution < -0.4 is 5.73 Å². The van der Waals surface area contributed by atoms with E-state index in [-0.39, 0.29) is 0 Å². The van der Waals surface area contributed by atoms with E-state index < -0.39 is 12.0 Å². The zero-order valence-corrected chi connectivity index (χ0v) is 8.17. The molecule has 0 rings (SSSR count). The predicted octanol–water partition coefficient (Wildman–Crippen LogP) is 2.15. The number of carboxylic acid groups (broad SMARTS) is 1. The smallest absolute Gasteiger partial charge is 0.320 e. The molecule has 0 aromatic rings. The highest BCUT2D eigenvalue weighted by Gasteiger charge is 2.09. The second-order valence-electron chi connectivity index (χ2n) is 3.35. The first-order valence-corrected chi connectivity index (χ1v) is 4.96. The Kier molecular flexibility index (Phi) is 6.51. The van der Waals surface area contributed by atoms with Gasteiger partial charge in [-0.1, -0.05) is 45.4 Å². The third-order valence-electron chi connectivity index (χ3n) is 2.08. The number of unbranched alkanes of at least 4 members (excludes halogenated alkanes) is 5. The van der Waals surface area contributed by atoms with E-state index in [1.807, 2.05) is 0 Å². The van der Waals surface area contributed by atoms with Gasteiger partial charge in [-0.15, -0.1) is 0 Å². The fourth-order valence-electron chi connectivity index (χ4n) is 1.19. The van der Waals surface area contributed by atoms with Crippen molar-refractivity contribution in [3.63, 3.8) is 0 Å². The molecule has 0 aliphatic heterocycles. The van der Waals surface area contributed by atoms with Gasteiger partial charge in [-0.3, -0.25) is 4.79 Å². The second kappa shape index (κ2) is 8.05. The van der Waals surface area contributed by atoms with Crippen molar-refractivity contribution in [3.8, 4) is 0 Å². The Balaban J connectivity index is 3.09. The Bertz CT molecular complexity index is 153. The van der Waals surface area contributed by atoms with Crippen LogP contribution in [0.25, 0.3) is 0 Å². The van der Waals surface area contributed by atoms with Crippen molar-refractivity contribution >= 4 is 5.97 Å². The molecule has 0 bridgehead atoms. The molecule has 0 radical (unpaired) electrons. The molecule has 0 fully saturated rings. The number of rotatable bonds is 8. The van der Waals surface area contributed by atoms with Crippen molar-refractivity contribution in [3.05, 3.63) is 0 Å². The van der Waals surface area contributed by atoms with E-state index in [1.54, 1.807) is 0 Å². The fraction of sp³-hybridized carbons (Fsp3) is 0.900. The van der Waals surface area contributed by atoms with Crippen LogP contribution in [0.5, 0.6) is 0 Å². The van der Waals surface area contributed by atoms with Crippen LogP contribution in [-0.2, 0) is 4.79 Å². The van der Waals surface area contributed by atoms with Gasteiger partial charge in [-0.25, -0.2) is 0 Å². The van der Waals surface area contributed by atoms with Crippen LogP contribution in [0.15, 0.2) is 0 Å². The average Bonchev–Trinajstić information content (AvgIpc) is 2.16. The molecule has 3 heteroatoms. The zero-order valence-electron chi connectivity index (χ0n) is 9.17. The fourth-order valence-corrected chi connectivity index (χ4v) is 1.19. The lowest BCUT2D eigenvalue weighted by atomic mass is 10.1. The van der Waals surface area contributed by atoms with Gasteiger partial charge in [0.05, 0.1) is 0 Å². The SMILES string of the molecule is [2H]CCCCCCCCC(N)C(=O)O. The predicted molar refractivity (Wildman–Crippen MR) is 53.6 cm³/mol. The molecule has 0 aliphatic rings. The normalized spacial score (nSPS) is 13.8. The highest BCUT2D eigenvalue weighted by atomic mass is 16.4. The highest BCUT2D eigenvalue weighted by molar-refractivity contribution is 5.72. The van der Waals surface area contributed by atoms with Crippen molar-refractivity contribution in [1.82, 2.24) is 0 Å². The number of hydrogen-bond acceptors (Lipinski definition) is 2. The lowest BCUT2D eigenvalue weighted by molar-refractivity contribution is -0.138. The molecule has 0 spiro atoms. The number of carboxylic acids is 1. The Morgan fingerprint density at radius 1 is 1.38 bits per heavy atom. The van der Waals surface area contributed by atoms with Gasteiger partial charge < -0.3 is 10.8 Å². The molecule has 0 aromatic carbocycles. The maximum atomic E-state index is 10.4. The molecule has 3 nitrogen and oxygen atoms in total. The number of carbonyl (C=O) groups is 1. The van der Waals surface area contributed by atoms with Crippen LogP contribution in [0.3, 0.4) is 0 Å². The Hall–Kier alpha value is -0.570. The van der Waals surface area contributed by atoms with Crippen LogP contribution in [-0.4, -0.2) is 17.1 Å².